The van der Waals surface area contributed by atoms with E-state index in [0.717, 1.165) is 12.5 Å². The van der Waals surface area contributed by atoms with Gasteiger partial charge in [0.05, 0.1) is 0 Å². The SMILES string of the molecule is Cc1ccc(CNC(C)C2CCCC2)c(C)c1. The summed E-state index contributed by atoms with van der Waals surface area (Å²) < 4.78 is 0. The van der Waals surface area contributed by atoms with Crippen molar-refractivity contribution in [3.8, 4) is 0 Å². The first-order valence-corrected chi connectivity index (χ1v) is 6.96. The van der Waals surface area contributed by atoms with Crippen LogP contribution in [0.15, 0.2) is 18.2 Å². The predicted octanol–water partition coefficient (Wildman–Crippen LogP) is 3.97. The van der Waals surface area contributed by atoms with Crippen LogP contribution in [0, 0.1) is 19.8 Å². The van der Waals surface area contributed by atoms with Gasteiger partial charge in [-0.2, -0.15) is 0 Å². The maximum Gasteiger partial charge on any atom is 0.0210 e. The van der Waals surface area contributed by atoms with Crippen LogP contribution in [0.25, 0.3) is 0 Å². The van der Waals surface area contributed by atoms with Crippen LogP contribution in [0.1, 0.15) is 49.3 Å². The molecule has 0 bridgehead atoms. The van der Waals surface area contributed by atoms with Crippen LogP contribution in [0.4, 0.5) is 0 Å². The highest BCUT2D eigenvalue weighted by Crippen LogP contribution is 2.27. The average molecular weight is 231 g/mol. The maximum absolute atomic E-state index is 3.70. The molecular formula is C16H25N. The molecule has 0 spiro atoms. The van der Waals surface area contributed by atoms with Crippen LogP contribution in [-0.2, 0) is 6.54 Å². The maximum atomic E-state index is 3.70. The van der Waals surface area contributed by atoms with E-state index in [1.807, 2.05) is 0 Å². The summed E-state index contributed by atoms with van der Waals surface area (Å²) >= 11 is 0. The van der Waals surface area contributed by atoms with Gasteiger partial charge in [0.25, 0.3) is 0 Å². The van der Waals surface area contributed by atoms with Gasteiger partial charge in [0.1, 0.15) is 0 Å². The molecule has 1 atom stereocenters. The molecule has 1 saturated carbocycles. The molecule has 1 aromatic carbocycles. The van der Waals surface area contributed by atoms with Crippen LogP contribution in [0.3, 0.4) is 0 Å². The van der Waals surface area contributed by atoms with Crippen molar-refractivity contribution in [1.29, 1.82) is 0 Å². The predicted molar refractivity (Wildman–Crippen MR) is 74.2 cm³/mol. The lowest BCUT2D eigenvalue weighted by Gasteiger charge is -2.21. The summed E-state index contributed by atoms with van der Waals surface area (Å²) in [4.78, 5) is 0. The Morgan fingerprint density at radius 1 is 1.24 bits per heavy atom. The van der Waals surface area contributed by atoms with Crippen molar-refractivity contribution in [3.63, 3.8) is 0 Å². The molecule has 1 aliphatic carbocycles. The molecule has 1 aromatic rings. The van der Waals surface area contributed by atoms with Gasteiger partial charge < -0.3 is 5.32 Å². The Labute approximate surface area is 106 Å². The van der Waals surface area contributed by atoms with Crippen molar-refractivity contribution in [2.45, 2.75) is 59.0 Å². The Morgan fingerprint density at radius 3 is 2.59 bits per heavy atom. The van der Waals surface area contributed by atoms with Crippen LogP contribution in [0.2, 0.25) is 0 Å². The Hall–Kier alpha value is -0.820. The minimum Gasteiger partial charge on any atom is -0.310 e. The van der Waals surface area contributed by atoms with E-state index in [2.05, 4.69) is 44.3 Å². The highest BCUT2D eigenvalue weighted by molar-refractivity contribution is 5.30. The molecule has 0 aromatic heterocycles. The summed E-state index contributed by atoms with van der Waals surface area (Å²) in [6, 6.07) is 7.42. The number of rotatable bonds is 4. The van der Waals surface area contributed by atoms with Crippen LogP contribution < -0.4 is 5.32 Å². The standard InChI is InChI=1S/C16H25N/c1-12-8-9-16(13(2)10-12)11-17-14(3)15-6-4-5-7-15/h8-10,14-15,17H,4-7,11H2,1-3H3. The number of benzene rings is 1. The zero-order valence-electron chi connectivity index (χ0n) is 11.4. The van der Waals surface area contributed by atoms with E-state index in [1.165, 1.54) is 42.4 Å². The Bertz CT molecular complexity index is 364. The summed E-state index contributed by atoms with van der Waals surface area (Å²) in [5.74, 6) is 0.903. The van der Waals surface area contributed by atoms with Crippen molar-refractivity contribution in [3.05, 3.63) is 34.9 Å². The molecule has 17 heavy (non-hydrogen) atoms. The third-order valence-electron chi connectivity index (χ3n) is 4.22. The fourth-order valence-corrected chi connectivity index (χ4v) is 2.94. The zero-order valence-corrected chi connectivity index (χ0v) is 11.4. The minimum absolute atomic E-state index is 0.665. The average Bonchev–Trinajstić information content (AvgIpc) is 2.81. The third kappa shape index (κ3) is 3.32. The summed E-state index contributed by atoms with van der Waals surface area (Å²) in [5, 5.41) is 3.70. The van der Waals surface area contributed by atoms with Crippen molar-refractivity contribution in [2.75, 3.05) is 0 Å². The monoisotopic (exact) mass is 231 g/mol. The normalized spacial score (nSPS) is 18.5. The Balaban J connectivity index is 1.88. The summed E-state index contributed by atoms with van der Waals surface area (Å²) in [5.41, 5.74) is 4.21. The lowest BCUT2D eigenvalue weighted by Crippen LogP contribution is -2.31. The van der Waals surface area contributed by atoms with Gasteiger partial charge in [-0.25, -0.2) is 0 Å². The van der Waals surface area contributed by atoms with Crippen LogP contribution in [-0.4, -0.2) is 6.04 Å². The Kier molecular flexibility index (Phi) is 4.22. The molecule has 1 N–H and O–H groups in total. The molecular weight excluding hydrogens is 206 g/mol. The van der Waals surface area contributed by atoms with E-state index in [4.69, 9.17) is 0 Å². The lowest BCUT2D eigenvalue weighted by molar-refractivity contribution is 0.380. The van der Waals surface area contributed by atoms with Crippen molar-refractivity contribution in [2.24, 2.45) is 5.92 Å². The first-order chi connectivity index (χ1) is 8.16. The summed E-state index contributed by atoms with van der Waals surface area (Å²) in [6.07, 6.45) is 5.70. The fourth-order valence-electron chi connectivity index (χ4n) is 2.94. The molecule has 1 heteroatoms. The second kappa shape index (κ2) is 5.68. The van der Waals surface area contributed by atoms with E-state index in [0.29, 0.717) is 6.04 Å². The molecule has 0 radical (unpaired) electrons. The molecule has 94 valence electrons. The molecule has 1 aliphatic rings. The summed E-state index contributed by atoms with van der Waals surface area (Å²) in [7, 11) is 0. The van der Waals surface area contributed by atoms with Gasteiger partial charge in [0.15, 0.2) is 0 Å². The van der Waals surface area contributed by atoms with E-state index in [-0.39, 0.29) is 0 Å². The zero-order chi connectivity index (χ0) is 12.3. The smallest absolute Gasteiger partial charge is 0.0210 e. The minimum atomic E-state index is 0.665. The number of nitrogens with one attached hydrogen (secondary N) is 1. The molecule has 2 rings (SSSR count). The molecule has 0 saturated heterocycles. The molecule has 1 unspecified atom stereocenters. The van der Waals surface area contributed by atoms with Crippen molar-refractivity contribution < 1.29 is 0 Å². The number of hydrogen-bond donors (Lipinski definition) is 1. The van der Waals surface area contributed by atoms with E-state index in [1.54, 1.807) is 0 Å². The van der Waals surface area contributed by atoms with Gasteiger partial charge in [-0.1, -0.05) is 36.6 Å². The van der Waals surface area contributed by atoms with Gasteiger partial charge in [-0.15, -0.1) is 0 Å². The molecule has 0 heterocycles. The molecule has 1 nitrogen and oxygen atoms in total. The van der Waals surface area contributed by atoms with Gasteiger partial charge in [0, 0.05) is 12.6 Å². The van der Waals surface area contributed by atoms with Crippen LogP contribution >= 0.6 is 0 Å². The Morgan fingerprint density at radius 2 is 1.94 bits per heavy atom. The van der Waals surface area contributed by atoms with Gasteiger partial charge in [-0.05, 0) is 50.7 Å². The summed E-state index contributed by atoms with van der Waals surface area (Å²) in [6.45, 7) is 7.74. The van der Waals surface area contributed by atoms with Crippen LogP contribution in [0.5, 0.6) is 0 Å². The lowest BCUT2D eigenvalue weighted by atomic mass is 9.99. The molecule has 1 fully saturated rings. The van der Waals surface area contributed by atoms with E-state index >= 15 is 0 Å². The van der Waals surface area contributed by atoms with Gasteiger partial charge >= 0.3 is 0 Å². The second-order valence-electron chi connectivity index (χ2n) is 5.64. The third-order valence-corrected chi connectivity index (χ3v) is 4.22. The fraction of sp³-hybridized carbons (Fsp3) is 0.625. The van der Waals surface area contributed by atoms with Crippen molar-refractivity contribution >= 4 is 0 Å². The number of aryl methyl sites for hydroxylation is 2. The highest BCUT2D eigenvalue weighted by Gasteiger charge is 2.20. The first kappa shape index (κ1) is 12.6. The molecule has 0 amide bonds. The van der Waals surface area contributed by atoms with E-state index in [9.17, 15) is 0 Å². The van der Waals surface area contributed by atoms with E-state index < -0.39 is 0 Å². The number of hydrogen-bond acceptors (Lipinski definition) is 1. The molecule has 0 aliphatic heterocycles. The highest BCUT2D eigenvalue weighted by atomic mass is 14.9. The van der Waals surface area contributed by atoms with Crippen molar-refractivity contribution in [1.82, 2.24) is 5.32 Å². The topological polar surface area (TPSA) is 12.0 Å². The second-order valence-corrected chi connectivity index (χ2v) is 5.64. The van der Waals surface area contributed by atoms with Gasteiger partial charge in [-0.3, -0.25) is 0 Å². The first-order valence-electron chi connectivity index (χ1n) is 6.96. The quantitative estimate of drug-likeness (QED) is 0.826. The van der Waals surface area contributed by atoms with Gasteiger partial charge in [0.2, 0.25) is 0 Å². The largest absolute Gasteiger partial charge is 0.310 e.